The quantitative estimate of drug-likeness (QED) is 0.409. The number of allylic oxidation sites excluding steroid dienone is 3. The van der Waals surface area contributed by atoms with Gasteiger partial charge >= 0.3 is 0 Å². The highest BCUT2D eigenvalue weighted by molar-refractivity contribution is 6.04. The Hall–Kier alpha value is -0.850. The molecule has 0 amide bonds. The number of nitrogens with zero attached hydrogens (tertiary/aromatic N) is 1. The van der Waals surface area contributed by atoms with Gasteiger partial charge in [-0.1, -0.05) is 51.7 Å². The summed E-state index contributed by atoms with van der Waals surface area (Å²) in [6.07, 6.45) is 10.6. The molecule has 0 unspecified atom stereocenters. The molecule has 1 aliphatic carbocycles. The van der Waals surface area contributed by atoms with Crippen LogP contribution in [0.2, 0.25) is 0 Å². The van der Waals surface area contributed by atoms with Gasteiger partial charge in [0.15, 0.2) is 0 Å². The maximum atomic E-state index is 4.49. The van der Waals surface area contributed by atoms with Gasteiger partial charge in [0.2, 0.25) is 0 Å². The molecule has 0 aromatic heterocycles. The van der Waals surface area contributed by atoms with Gasteiger partial charge in [0.1, 0.15) is 0 Å². The summed E-state index contributed by atoms with van der Waals surface area (Å²) in [6, 6.07) is 0. The van der Waals surface area contributed by atoms with E-state index in [4.69, 9.17) is 0 Å². The van der Waals surface area contributed by atoms with Crippen molar-refractivity contribution in [3.8, 4) is 0 Å². The molecule has 0 bridgehead atoms. The zero-order chi connectivity index (χ0) is 15.2. The normalized spacial score (nSPS) is 20.6. The fourth-order valence-corrected chi connectivity index (χ4v) is 3.91. The van der Waals surface area contributed by atoms with E-state index in [1.54, 1.807) is 0 Å². The first-order valence-corrected chi connectivity index (χ1v) is 8.31. The lowest BCUT2D eigenvalue weighted by Crippen LogP contribution is -2.24. The van der Waals surface area contributed by atoms with E-state index in [9.17, 15) is 0 Å². The Morgan fingerprint density at radius 2 is 1.70 bits per heavy atom. The van der Waals surface area contributed by atoms with Gasteiger partial charge in [-0.25, -0.2) is 0 Å². The molecular formula is C19H33N. The molecular weight excluding hydrogens is 242 g/mol. The van der Waals surface area contributed by atoms with Crippen LogP contribution >= 0.6 is 0 Å². The molecule has 1 nitrogen and oxygen atoms in total. The lowest BCUT2D eigenvalue weighted by atomic mass is 9.68. The van der Waals surface area contributed by atoms with Crippen molar-refractivity contribution in [3.05, 3.63) is 23.3 Å². The Morgan fingerprint density at radius 1 is 1.10 bits per heavy atom. The monoisotopic (exact) mass is 275 g/mol. The summed E-state index contributed by atoms with van der Waals surface area (Å²) in [7, 11) is 1.91. The van der Waals surface area contributed by atoms with Gasteiger partial charge in [0.25, 0.3) is 0 Å². The highest BCUT2D eigenvalue weighted by Gasteiger charge is 2.31. The van der Waals surface area contributed by atoms with Crippen LogP contribution in [0.1, 0.15) is 79.1 Å². The van der Waals surface area contributed by atoms with Crippen LogP contribution in [0, 0.1) is 5.41 Å². The maximum Gasteiger partial charge on any atom is 0.0416 e. The average Bonchev–Trinajstić information content (AvgIpc) is 2.44. The van der Waals surface area contributed by atoms with Crippen LogP contribution < -0.4 is 0 Å². The van der Waals surface area contributed by atoms with E-state index in [0.29, 0.717) is 5.41 Å². The summed E-state index contributed by atoms with van der Waals surface area (Å²) in [6.45, 7) is 13.2. The number of hydrogen-bond donors (Lipinski definition) is 0. The number of rotatable bonds is 6. The lowest BCUT2D eigenvalue weighted by molar-refractivity contribution is 0.179. The van der Waals surface area contributed by atoms with Crippen LogP contribution in [0.5, 0.6) is 0 Å². The van der Waals surface area contributed by atoms with Crippen molar-refractivity contribution in [2.24, 2.45) is 10.4 Å². The Balaban J connectivity index is 3.06. The highest BCUT2D eigenvalue weighted by atomic mass is 14.7. The van der Waals surface area contributed by atoms with Gasteiger partial charge < -0.3 is 0 Å². The molecule has 1 heteroatoms. The summed E-state index contributed by atoms with van der Waals surface area (Å²) in [4.78, 5) is 4.49. The Kier molecular flexibility index (Phi) is 6.71. The molecule has 0 aromatic carbocycles. The number of aliphatic imine (C=N–C) groups is 1. The molecule has 1 aliphatic rings. The maximum absolute atomic E-state index is 4.49. The van der Waals surface area contributed by atoms with Crippen LogP contribution in [-0.2, 0) is 0 Å². The van der Waals surface area contributed by atoms with Gasteiger partial charge in [-0.3, -0.25) is 4.99 Å². The Bertz CT molecular complexity index is 392. The molecule has 20 heavy (non-hydrogen) atoms. The largest absolute Gasteiger partial charge is 0.292 e. The molecule has 0 N–H and O–H groups in total. The molecule has 1 fully saturated rings. The van der Waals surface area contributed by atoms with E-state index in [-0.39, 0.29) is 0 Å². The van der Waals surface area contributed by atoms with Crippen LogP contribution in [0.25, 0.3) is 0 Å². The topological polar surface area (TPSA) is 12.4 Å². The van der Waals surface area contributed by atoms with Gasteiger partial charge in [0, 0.05) is 12.8 Å². The van der Waals surface area contributed by atoms with Crippen LogP contribution in [0.15, 0.2) is 28.3 Å². The lowest BCUT2D eigenvalue weighted by Gasteiger charge is -2.37. The van der Waals surface area contributed by atoms with Crippen molar-refractivity contribution in [1.82, 2.24) is 0 Å². The van der Waals surface area contributed by atoms with Gasteiger partial charge in [0.05, 0.1) is 0 Å². The summed E-state index contributed by atoms with van der Waals surface area (Å²) < 4.78 is 0. The van der Waals surface area contributed by atoms with Crippen molar-refractivity contribution in [2.45, 2.75) is 79.1 Å². The highest BCUT2D eigenvalue weighted by Crippen LogP contribution is 2.44. The van der Waals surface area contributed by atoms with Gasteiger partial charge in [-0.2, -0.15) is 0 Å². The molecule has 0 heterocycles. The van der Waals surface area contributed by atoms with E-state index >= 15 is 0 Å². The molecule has 1 saturated carbocycles. The van der Waals surface area contributed by atoms with Crippen molar-refractivity contribution in [1.29, 1.82) is 0 Å². The van der Waals surface area contributed by atoms with E-state index < -0.39 is 0 Å². The molecule has 114 valence electrons. The first-order valence-electron chi connectivity index (χ1n) is 8.31. The molecule has 0 aromatic rings. The predicted molar refractivity (Wildman–Crippen MR) is 91.6 cm³/mol. The first-order chi connectivity index (χ1) is 9.49. The fraction of sp³-hybridized carbons (Fsp3) is 0.737. The second kappa shape index (κ2) is 7.81. The van der Waals surface area contributed by atoms with E-state index in [0.717, 1.165) is 6.42 Å². The second-order valence-corrected chi connectivity index (χ2v) is 6.55. The van der Waals surface area contributed by atoms with Crippen molar-refractivity contribution in [2.75, 3.05) is 7.05 Å². The van der Waals surface area contributed by atoms with Crippen LogP contribution in [0.3, 0.4) is 0 Å². The Morgan fingerprint density at radius 3 is 2.10 bits per heavy atom. The average molecular weight is 275 g/mol. The smallest absolute Gasteiger partial charge is 0.0416 e. The van der Waals surface area contributed by atoms with Crippen molar-refractivity contribution < 1.29 is 0 Å². The van der Waals surface area contributed by atoms with Crippen LogP contribution in [0.4, 0.5) is 0 Å². The first kappa shape index (κ1) is 17.2. The summed E-state index contributed by atoms with van der Waals surface area (Å²) in [5, 5.41) is 0. The van der Waals surface area contributed by atoms with Gasteiger partial charge in [-0.05, 0) is 56.1 Å². The third-order valence-electron chi connectivity index (χ3n) is 5.05. The van der Waals surface area contributed by atoms with E-state index in [1.165, 1.54) is 67.4 Å². The summed E-state index contributed by atoms with van der Waals surface area (Å²) >= 11 is 0. The SMILES string of the molecule is C=C(C)/C(C(CC)=NC)=C(/C)CC1(CC)CCCCC1. The van der Waals surface area contributed by atoms with Crippen molar-refractivity contribution in [3.63, 3.8) is 0 Å². The third kappa shape index (κ3) is 4.07. The minimum Gasteiger partial charge on any atom is -0.292 e. The fourth-order valence-electron chi connectivity index (χ4n) is 3.91. The molecule has 0 aliphatic heterocycles. The van der Waals surface area contributed by atoms with E-state index in [1.807, 2.05) is 7.05 Å². The zero-order valence-electron chi connectivity index (χ0n) is 14.3. The Labute approximate surface area is 126 Å². The van der Waals surface area contributed by atoms with Gasteiger partial charge in [-0.15, -0.1) is 0 Å². The second-order valence-electron chi connectivity index (χ2n) is 6.55. The zero-order valence-corrected chi connectivity index (χ0v) is 14.3. The standard InChI is InChI=1S/C19H33N/c1-7-17(20-6)18(15(3)4)16(5)14-19(8-2)12-10-9-11-13-19/h3,7-14H2,1-2,4-6H3/b18-16+,20-17?. The van der Waals surface area contributed by atoms with Crippen molar-refractivity contribution >= 4 is 5.71 Å². The summed E-state index contributed by atoms with van der Waals surface area (Å²) in [5.74, 6) is 0. The molecule has 1 rings (SSSR count). The third-order valence-corrected chi connectivity index (χ3v) is 5.05. The predicted octanol–water partition coefficient (Wildman–Crippen LogP) is 6.11. The molecule has 0 spiro atoms. The van der Waals surface area contributed by atoms with E-state index in [2.05, 4.69) is 39.3 Å². The van der Waals surface area contributed by atoms with Crippen LogP contribution in [-0.4, -0.2) is 12.8 Å². The molecule has 0 radical (unpaired) electrons. The number of hydrogen-bond acceptors (Lipinski definition) is 1. The molecule has 0 saturated heterocycles. The minimum absolute atomic E-state index is 0.537. The summed E-state index contributed by atoms with van der Waals surface area (Å²) in [5.41, 5.74) is 5.77. The minimum atomic E-state index is 0.537. The molecule has 0 atom stereocenters.